The first-order valence-electron chi connectivity index (χ1n) is 11.4. The number of carboxylic acid groups (broad SMARTS) is 1. The number of methoxy groups -OCH3 is 1. The zero-order valence-electron chi connectivity index (χ0n) is 19.9. The van der Waals surface area contributed by atoms with Gasteiger partial charge < -0.3 is 25.5 Å². The molecule has 3 aromatic rings. The van der Waals surface area contributed by atoms with Crippen LogP contribution in [0.5, 0.6) is 5.75 Å². The quantitative estimate of drug-likeness (QED) is 0.251. The Morgan fingerprint density at radius 1 is 1.24 bits per heavy atom. The van der Waals surface area contributed by atoms with Gasteiger partial charge in [-0.05, 0) is 42.0 Å². The molecule has 1 atom stereocenters. The van der Waals surface area contributed by atoms with Gasteiger partial charge in [0, 0.05) is 19.5 Å². The van der Waals surface area contributed by atoms with Crippen LogP contribution in [0.2, 0.25) is 0 Å². The maximum absolute atomic E-state index is 12.7. The highest BCUT2D eigenvalue weighted by Crippen LogP contribution is 2.17. The van der Waals surface area contributed by atoms with Crippen LogP contribution in [0.4, 0.5) is 0 Å². The van der Waals surface area contributed by atoms with Crippen LogP contribution in [0.1, 0.15) is 11.4 Å². The summed E-state index contributed by atoms with van der Waals surface area (Å²) in [7, 11) is -2.71. The number of aromatic nitrogens is 2. The summed E-state index contributed by atoms with van der Waals surface area (Å²) in [4.78, 5) is 35.6. The average molecular weight is 527 g/mol. The number of aliphatic carboxylic acids is 1. The first kappa shape index (κ1) is 25.9. The fourth-order valence-electron chi connectivity index (χ4n) is 3.65. The molecular formula is C24H26N6O6S. The SMILES string of the molecule is COc1ccc(S(=O)(=O)N[C@@H](Cc2nc3ccc(/C=C/CNC4=NCCN4)cc3c(=O)[nH]2)C(=O)O)cc1. The molecule has 194 valence electrons. The van der Waals surface area contributed by atoms with Gasteiger partial charge in [-0.25, -0.2) is 13.4 Å². The Kier molecular flexibility index (Phi) is 7.84. The second kappa shape index (κ2) is 11.2. The predicted molar refractivity (Wildman–Crippen MR) is 138 cm³/mol. The van der Waals surface area contributed by atoms with Crippen LogP contribution in [0, 0.1) is 0 Å². The number of hydrogen-bond donors (Lipinski definition) is 5. The standard InChI is InChI=1S/C24H26N6O6S/c1-36-16-5-7-17(8-6-16)37(34,35)30-20(23(32)33)14-21-28-19-9-4-15(13-18(19)22(31)29-21)3-2-10-25-24-26-11-12-27-24/h2-9,13,20,30H,10-12,14H2,1H3,(H,32,33)(H2,25,26,27)(H,28,29,31)/b3-2+/t20-/m0/s1. The van der Waals surface area contributed by atoms with E-state index in [0.717, 1.165) is 24.6 Å². The molecule has 0 fully saturated rings. The van der Waals surface area contributed by atoms with Gasteiger partial charge in [-0.2, -0.15) is 4.72 Å². The largest absolute Gasteiger partial charge is 0.497 e. The molecule has 0 unspecified atom stereocenters. The third-order valence-electron chi connectivity index (χ3n) is 5.51. The average Bonchev–Trinajstić information content (AvgIpc) is 3.40. The van der Waals surface area contributed by atoms with E-state index in [1.807, 2.05) is 12.2 Å². The van der Waals surface area contributed by atoms with Crippen LogP contribution in [-0.4, -0.2) is 68.2 Å². The van der Waals surface area contributed by atoms with E-state index in [1.54, 1.807) is 18.2 Å². The van der Waals surface area contributed by atoms with Crippen molar-refractivity contribution in [3.05, 3.63) is 70.3 Å². The number of hydrogen-bond acceptors (Lipinski definition) is 9. The van der Waals surface area contributed by atoms with E-state index in [4.69, 9.17) is 4.74 Å². The lowest BCUT2D eigenvalue weighted by molar-refractivity contribution is -0.139. The molecule has 4 rings (SSSR count). The van der Waals surface area contributed by atoms with Crippen molar-refractivity contribution in [2.75, 3.05) is 26.7 Å². The van der Waals surface area contributed by atoms with Crippen LogP contribution >= 0.6 is 0 Å². The first-order chi connectivity index (χ1) is 17.7. The lowest BCUT2D eigenvalue weighted by atomic mass is 10.1. The number of aliphatic imine (C=N–C) groups is 1. The van der Waals surface area contributed by atoms with Crippen molar-refractivity contribution < 1.29 is 23.1 Å². The zero-order valence-corrected chi connectivity index (χ0v) is 20.7. The molecule has 0 saturated carbocycles. The number of carbonyl (C=O) groups is 1. The van der Waals surface area contributed by atoms with Crippen molar-refractivity contribution in [3.63, 3.8) is 0 Å². The Hall–Kier alpha value is -4.23. The molecule has 1 aliphatic rings. The van der Waals surface area contributed by atoms with Gasteiger partial charge >= 0.3 is 5.97 Å². The number of carboxylic acids is 1. The minimum Gasteiger partial charge on any atom is -0.497 e. The predicted octanol–water partition coefficient (Wildman–Crippen LogP) is 0.468. The van der Waals surface area contributed by atoms with E-state index >= 15 is 0 Å². The third-order valence-corrected chi connectivity index (χ3v) is 7.00. The van der Waals surface area contributed by atoms with Gasteiger partial charge in [-0.3, -0.25) is 14.6 Å². The van der Waals surface area contributed by atoms with Crippen molar-refractivity contribution in [3.8, 4) is 5.75 Å². The Balaban J connectivity index is 1.48. The minimum absolute atomic E-state index is 0.0414. The Morgan fingerprint density at radius 2 is 2.03 bits per heavy atom. The van der Waals surface area contributed by atoms with Crippen molar-refractivity contribution in [2.24, 2.45) is 4.99 Å². The number of nitrogens with zero attached hydrogens (tertiary/aromatic N) is 2. The van der Waals surface area contributed by atoms with Gasteiger partial charge in [0.2, 0.25) is 10.0 Å². The third kappa shape index (κ3) is 6.51. The van der Waals surface area contributed by atoms with Gasteiger partial charge in [-0.15, -0.1) is 0 Å². The van der Waals surface area contributed by atoms with Crippen molar-refractivity contribution in [1.29, 1.82) is 0 Å². The lowest BCUT2D eigenvalue weighted by Crippen LogP contribution is -2.42. The van der Waals surface area contributed by atoms with E-state index in [9.17, 15) is 23.1 Å². The number of guanidine groups is 1. The molecule has 2 heterocycles. The molecule has 5 N–H and O–H groups in total. The summed E-state index contributed by atoms with van der Waals surface area (Å²) in [6, 6.07) is 9.07. The highest BCUT2D eigenvalue weighted by molar-refractivity contribution is 7.89. The van der Waals surface area contributed by atoms with Crippen molar-refractivity contribution in [1.82, 2.24) is 25.3 Å². The van der Waals surface area contributed by atoms with E-state index in [2.05, 4.69) is 30.3 Å². The summed E-state index contributed by atoms with van der Waals surface area (Å²) in [6.45, 7) is 2.12. The molecule has 0 spiro atoms. The summed E-state index contributed by atoms with van der Waals surface area (Å²) >= 11 is 0. The molecule has 0 saturated heterocycles. The number of benzene rings is 2. The first-order valence-corrected chi connectivity index (χ1v) is 12.8. The second-order valence-electron chi connectivity index (χ2n) is 8.12. The van der Waals surface area contributed by atoms with Gasteiger partial charge in [-0.1, -0.05) is 18.2 Å². The topological polar surface area (TPSA) is 175 Å². The number of rotatable bonds is 10. The van der Waals surface area contributed by atoms with Gasteiger partial charge in [0.15, 0.2) is 5.96 Å². The van der Waals surface area contributed by atoms with Gasteiger partial charge in [0.25, 0.3) is 5.56 Å². The number of H-pyrrole nitrogens is 1. The molecule has 2 aromatic carbocycles. The Bertz CT molecular complexity index is 1510. The monoisotopic (exact) mass is 526 g/mol. The summed E-state index contributed by atoms with van der Waals surface area (Å²) < 4.78 is 32.6. The number of aromatic amines is 1. The molecule has 0 amide bonds. The molecule has 0 aliphatic carbocycles. The number of fused-ring (bicyclic) bond motifs is 1. The summed E-state index contributed by atoms with van der Waals surface area (Å²) in [5.41, 5.74) is 0.687. The molecule has 12 nitrogen and oxygen atoms in total. The highest BCUT2D eigenvalue weighted by Gasteiger charge is 2.27. The van der Waals surface area contributed by atoms with Crippen LogP contribution in [0.15, 0.2) is 63.2 Å². The minimum atomic E-state index is -4.15. The lowest BCUT2D eigenvalue weighted by Gasteiger charge is -2.15. The van der Waals surface area contributed by atoms with Crippen LogP contribution in [-0.2, 0) is 21.2 Å². The molecular weight excluding hydrogens is 500 g/mol. The molecule has 1 aliphatic heterocycles. The zero-order chi connectivity index (χ0) is 26.4. The van der Waals surface area contributed by atoms with Crippen molar-refractivity contribution in [2.45, 2.75) is 17.4 Å². The van der Waals surface area contributed by atoms with E-state index in [-0.39, 0.29) is 17.1 Å². The van der Waals surface area contributed by atoms with Crippen LogP contribution in [0.3, 0.4) is 0 Å². The summed E-state index contributed by atoms with van der Waals surface area (Å²) in [5, 5.41) is 16.2. The van der Waals surface area contributed by atoms with E-state index < -0.39 is 27.6 Å². The maximum Gasteiger partial charge on any atom is 0.322 e. The molecule has 1 aromatic heterocycles. The van der Waals surface area contributed by atoms with Crippen molar-refractivity contribution >= 4 is 38.9 Å². The van der Waals surface area contributed by atoms with E-state index in [1.165, 1.54) is 31.4 Å². The number of nitrogens with one attached hydrogen (secondary N) is 4. The second-order valence-corrected chi connectivity index (χ2v) is 9.84. The maximum atomic E-state index is 12.7. The van der Waals surface area contributed by atoms with Crippen LogP contribution in [0.25, 0.3) is 17.0 Å². The fourth-order valence-corrected chi connectivity index (χ4v) is 4.84. The fraction of sp³-hybridized carbons (Fsp3) is 0.250. The Labute approximate surface area is 212 Å². The van der Waals surface area contributed by atoms with Gasteiger partial charge in [0.05, 0.1) is 29.5 Å². The molecule has 0 bridgehead atoms. The number of ether oxygens (including phenoxy) is 1. The molecule has 37 heavy (non-hydrogen) atoms. The van der Waals surface area contributed by atoms with E-state index in [0.29, 0.717) is 23.2 Å². The molecule has 0 radical (unpaired) electrons. The highest BCUT2D eigenvalue weighted by atomic mass is 32.2. The smallest absolute Gasteiger partial charge is 0.322 e. The number of sulfonamides is 1. The Morgan fingerprint density at radius 3 is 2.70 bits per heavy atom. The summed E-state index contributed by atoms with van der Waals surface area (Å²) in [5.74, 6) is -0.159. The summed E-state index contributed by atoms with van der Waals surface area (Å²) in [6.07, 6.45) is 3.39. The normalized spacial score (nSPS) is 14.4. The molecule has 13 heteroatoms. The van der Waals surface area contributed by atoms with Crippen LogP contribution < -0.4 is 25.7 Å². The van der Waals surface area contributed by atoms with Gasteiger partial charge in [0.1, 0.15) is 17.6 Å².